The lowest BCUT2D eigenvalue weighted by Gasteiger charge is -2.08. The summed E-state index contributed by atoms with van der Waals surface area (Å²) in [6.07, 6.45) is 0. The number of carbonyl (C=O) groups excluding carboxylic acids is 1. The van der Waals surface area contributed by atoms with E-state index in [1.54, 1.807) is 37.4 Å². The second kappa shape index (κ2) is 6.28. The Balaban J connectivity index is 2.19. The molecule has 0 aliphatic heterocycles. The highest BCUT2D eigenvalue weighted by atomic mass is 79.9. The first kappa shape index (κ1) is 14.9. The van der Waals surface area contributed by atoms with E-state index in [4.69, 9.17) is 4.74 Å². The number of hydrogen-bond donors (Lipinski definition) is 2. The van der Waals surface area contributed by atoms with E-state index in [0.717, 1.165) is 4.47 Å². The summed E-state index contributed by atoms with van der Waals surface area (Å²) < 4.78 is 6.41. The third-order valence-electron chi connectivity index (χ3n) is 2.62. The van der Waals surface area contributed by atoms with Crippen molar-refractivity contribution in [2.75, 3.05) is 12.4 Å². The quantitative estimate of drug-likeness (QED) is 0.812. The van der Waals surface area contributed by atoms with Gasteiger partial charge in [0.25, 0.3) is 5.91 Å². The molecular formula is C14H11Br2NO3. The molecule has 4 nitrogen and oxygen atoms in total. The molecule has 2 N–H and O–H groups in total. The zero-order chi connectivity index (χ0) is 14.7. The number of phenols is 1. The third-order valence-corrected chi connectivity index (χ3v) is 3.91. The van der Waals surface area contributed by atoms with Crippen LogP contribution in [0.15, 0.2) is 45.3 Å². The maximum Gasteiger partial charge on any atom is 0.255 e. The van der Waals surface area contributed by atoms with Crippen LogP contribution in [0.5, 0.6) is 11.5 Å². The molecule has 0 saturated carbocycles. The van der Waals surface area contributed by atoms with Gasteiger partial charge in [-0.1, -0.05) is 0 Å². The van der Waals surface area contributed by atoms with Crippen LogP contribution >= 0.6 is 31.9 Å². The van der Waals surface area contributed by atoms with Gasteiger partial charge in [0.2, 0.25) is 0 Å². The Hall–Kier alpha value is -1.53. The van der Waals surface area contributed by atoms with Gasteiger partial charge in [0, 0.05) is 11.3 Å². The van der Waals surface area contributed by atoms with Crippen molar-refractivity contribution in [2.45, 2.75) is 0 Å². The van der Waals surface area contributed by atoms with Crippen LogP contribution in [0, 0.1) is 0 Å². The van der Waals surface area contributed by atoms with E-state index in [1.165, 1.54) is 6.07 Å². The Bertz CT molecular complexity index is 659. The Labute approximate surface area is 133 Å². The van der Waals surface area contributed by atoms with Crippen LogP contribution in [0.3, 0.4) is 0 Å². The molecule has 0 aliphatic carbocycles. The average Bonchev–Trinajstić information content (AvgIpc) is 2.42. The molecule has 2 aromatic rings. The molecule has 0 bridgehead atoms. The van der Waals surface area contributed by atoms with Gasteiger partial charge >= 0.3 is 0 Å². The van der Waals surface area contributed by atoms with Gasteiger partial charge in [0.05, 0.1) is 16.1 Å². The van der Waals surface area contributed by atoms with Crippen molar-refractivity contribution in [2.24, 2.45) is 0 Å². The number of carbonyl (C=O) groups is 1. The summed E-state index contributed by atoms with van der Waals surface area (Å²) in [6.45, 7) is 0. The molecule has 104 valence electrons. The van der Waals surface area contributed by atoms with Crippen molar-refractivity contribution in [3.05, 3.63) is 50.9 Å². The van der Waals surface area contributed by atoms with Crippen molar-refractivity contribution in [3.8, 4) is 11.5 Å². The fourth-order valence-corrected chi connectivity index (χ4v) is 2.39. The van der Waals surface area contributed by atoms with Gasteiger partial charge in [-0.3, -0.25) is 4.79 Å². The lowest BCUT2D eigenvalue weighted by molar-refractivity contribution is 0.102. The number of hydrogen-bond acceptors (Lipinski definition) is 3. The van der Waals surface area contributed by atoms with Gasteiger partial charge in [0.15, 0.2) is 0 Å². The highest BCUT2D eigenvalue weighted by Gasteiger charge is 2.10. The van der Waals surface area contributed by atoms with E-state index in [1.807, 2.05) is 0 Å². The lowest BCUT2D eigenvalue weighted by atomic mass is 10.2. The number of ether oxygens (including phenoxy) is 1. The first-order valence-electron chi connectivity index (χ1n) is 5.64. The third kappa shape index (κ3) is 3.32. The molecule has 0 atom stereocenters. The fraction of sp³-hybridized carbons (Fsp3) is 0.0714. The summed E-state index contributed by atoms with van der Waals surface area (Å²) in [7, 11) is 1.57. The first-order valence-corrected chi connectivity index (χ1v) is 7.23. The van der Waals surface area contributed by atoms with Gasteiger partial charge in [0.1, 0.15) is 11.5 Å². The van der Waals surface area contributed by atoms with Crippen LogP contribution in [0.4, 0.5) is 5.69 Å². The Morgan fingerprint density at radius 2 is 1.90 bits per heavy atom. The second-order valence-electron chi connectivity index (χ2n) is 3.97. The number of anilines is 1. The smallest absolute Gasteiger partial charge is 0.255 e. The van der Waals surface area contributed by atoms with E-state index < -0.39 is 0 Å². The maximum absolute atomic E-state index is 12.1. The number of halogens is 2. The fourth-order valence-electron chi connectivity index (χ4n) is 1.60. The Kier molecular flexibility index (Phi) is 4.67. The zero-order valence-electron chi connectivity index (χ0n) is 10.5. The number of phenolic OH excluding ortho intramolecular Hbond substituents is 1. The van der Waals surface area contributed by atoms with Crippen LogP contribution in [0.25, 0.3) is 0 Å². The highest BCUT2D eigenvalue weighted by Crippen LogP contribution is 2.28. The normalized spacial score (nSPS) is 10.2. The number of aromatic hydroxyl groups is 1. The van der Waals surface area contributed by atoms with E-state index in [0.29, 0.717) is 21.5 Å². The Morgan fingerprint density at radius 1 is 1.15 bits per heavy atom. The second-order valence-corrected chi connectivity index (χ2v) is 5.68. The van der Waals surface area contributed by atoms with Crippen molar-refractivity contribution in [1.82, 2.24) is 0 Å². The standard InChI is InChI=1S/C14H11Br2NO3/c1-20-13-5-3-9(7-11(13)16)17-14(19)8-2-4-10(15)12(18)6-8/h2-7,18H,1H3,(H,17,19). The summed E-state index contributed by atoms with van der Waals surface area (Å²) in [5.41, 5.74) is 1.00. The molecule has 6 heteroatoms. The zero-order valence-corrected chi connectivity index (χ0v) is 13.7. The monoisotopic (exact) mass is 399 g/mol. The number of nitrogens with one attached hydrogen (secondary N) is 1. The van der Waals surface area contributed by atoms with Crippen LogP contribution < -0.4 is 10.1 Å². The molecule has 0 fully saturated rings. The molecule has 1 amide bonds. The summed E-state index contributed by atoms with van der Waals surface area (Å²) in [4.78, 5) is 12.1. The molecule has 2 aromatic carbocycles. The minimum absolute atomic E-state index is 0.0218. The molecular weight excluding hydrogens is 390 g/mol. The molecule has 0 heterocycles. The van der Waals surface area contributed by atoms with Gasteiger partial charge in [-0.15, -0.1) is 0 Å². The van der Waals surface area contributed by atoms with Gasteiger partial charge in [-0.2, -0.15) is 0 Å². The molecule has 2 rings (SSSR count). The topological polar surface area (TPSA) is 58.6 Å². The minimum Gasteiger partial charge on any atom is -0.507 e. The Morgan fingerprint density at radius 3 is 2.50 bits per heavy atom. The van der Waals surface area contributed by atoms with E-state index in [2.05, 4.69) is 37.2 Å². The minimum atomic E-state index is -0.301. The van der Waals surface area contributed by atoms with Gasteiger partial charge in [-0.05, 0) is 68.3 Å². The lowest BCUT2D eigenvalue weighted by Crippen LogP contribution is -2.11. The van der Waals surface area contributed by atoms with Gasteiger partial charge < -0.3 is 15.2 Å². The summed E-state index contributed by atoms with van der Waals surface area (Å²) in [6, 6.07) is 9.87. The predicted octanol–water partition coefficient (Wildman–Crippen LogP) is 4.18. The SMILES string of the molecule is COc1ccc(NC(=O)c2ccc(Br)c(O)c2)cc1Br. The number of methoxy groups -OCH3 is 1. The maximum atomic E-state index is 12.1. The average molecular weight is 401 g/mol. The van der Waals surface area contributed by atoms with Crippen molar-refractivity contribution >= 4 is 43.5 Å². The van der Waals surface area contributed by atoms with Crippen molar-refractivity contribution in [1.29, 1.82) is 0 Å². The van der Waals surface area contributed by atoms with Crippen molar-refractivity contribution in [3.63, 3.8) is 0 Å². The summed E-state index contributed by atoms with van der Waals surface area (Å²) >= 11 is 6.52. The number of amides is 1. The number of rotatable bonds is 3. The summed E-state index contributed by atoms with van der Waals surface area (Å²) in [5.74, 6) is 0.405. The van der Waals surface area contributed by atoms with Crippen LogP contribution in [0.2, 0.25) is 0 Å². The first-order chi connectivity index (χ1) is 9.51. The highest BCUT2D eigenvalue weighted by molar-refractivity contribution is 9.10. The van der Waals surface area contributed by atoms with E-state index in [9.17, 15) is 9.90 Å². The van der Waals surface area contributed by atoms with Crippen LogP contribution in [-0.2, 0) is 0 Å². The van der Waals surface area contributed by atoms with Crippen LogP contribution in [0.1, 0.15) is 10.4 Å². The molecule has 0 unspecified atom stereocenters. The van der Waals surface area contributed by atoms with Crippen molar-refractivity contribution < 1.29 is 14.6 Å². The summed E-state index contributed by atoms with van der Waals surface area (Å²) in [5, 5.41) is 12.3. The van der Waals surface area contributed by atoms with Gasteiger partial charge in [-0.25, -0.2) is 0 Å². The number of benzene rings is 2. The van der Waals surface area contributed by atoms with E-state index in [-0.39, 0.29) is 11.7 Å². The molecule has 0 aliphatic rings. The predicted molar refractivity (Wildman–Crippen MR) is 84.5 cm³/mol. The molecule has 0 saturated heterocycles. The molecule has 0 aromatic heterocycles. The molecule has 20 heavy (non-hydrogen) atoms. The molecule has 0 spiro atoms. The van der Waals surface area contributed by atoms with Crippen LogP contribution in [-0.4, -0.2) is 18.1 Å². The molecule has 0 radical (unpaired) electrons. The largest absolute Gasteiger partial charge is 0.507 e. The van der Waals surface area contributed by atoms with E-state index >= 15 is 0 Å².